The Kier molecular flexibility index (Phi) is 11.3. The van der Waals surface area contributed by atoms with Gasteiger partial charge in [-0.25, -0.2) is 9.59 Å². The number of ether oxygens (including phenoxy) is 1. The van der Waals surface area contributed by atoms with Crippen molar-refractivity contribution in [2.75, 3.05) is 6.61 Å². The zero-order valence-electron chi connectivity index (χ0n) is 17.8. The van der Waals surface area contributed by atoms with E-state index in [9.17, 15) is 29.1 Å². The number of urea groups is 1. The first-order valence-electron chi connectivity index (χ1n) is 9.75. The maximum absolute atomic E-state index is 12.3. The Balaban J connectivity index is 2.73. The van der Waals surface area contributed by atoms with Crippen molar-refractivity contribution in [2.45, 2.75) is 44.2 Å². The predicted octanol–water partition coefficient (Wildman–Crippen LogP) is -3.51. The van der Waals surface area contributed by atoms with Crippen LogP contribution in [0, 0.1) is 0 Å². The molecule has 1 rings (SSSR count). The highest BCUT2D eigenvalue weighted by Crippen LogP contribution is 2.04. The van der Waals surface area contributed by atoms with Gasteiger partial charge in [-0.1, -0.05) is 30.3 Å². The van der Waals surface area contributed by atoms with Crippen LogP contribution in [0.4, 0.5) is 4.79 Å². The number of hydrazine groups is 1. The van der Waals surface area contributed by atoms with E-state index < -0.39 is 67.0 Å². The number of aliphatic hydroxyl groups is 2. The Labute approximate surface area is 189 Å². The third-order valence-electron chi connectivity index (χ3n) is 4.12. The minimum Gasteiger partial charge on any atom is -0.459 e. The van der Waals surface area contributed by atoms with E-state index >= 15 is 0 Å². The van der Waals surface area contributed by atoms with Crippen LogP contribution in [0.1, 0.15) is 18.9 Å². The lowest BCUT2D eigenvalue weighted by Gasteiger charge is -2.23. The van der Waals surface area contributed by atoms with Gasteiger partial charge in [-0.15, -0.1) is 0 Å². The third kappa shape index (κ3) is 9.94. The molecule has 0 spiro atoms. The van der Waals surface area contributed by atoms with E-state index in [0.29, 0.717) is 5.56 Å². The third-order valence-corrected chi connectivity index (χ3v) is 4.12. The molecular weight excluding hydrogens is 440 g/mol. The molecule has 1 unspecified atom stereocenters. The number of esters is 1. The van der Waals surface area contributed by atoms with Crippen molar-refractivity contribution in [2.24, 2.45) is 11.5 Å². The first-order chi connectivity index (χ1) is 15.5. The molecule has 14 heteroatoms. The summed E-state index contributed by atoms with van der Waals surface area (Å²) in [6.45, 7) is 0.449. The van der Waals surface area contributed by atoms with Crippen molar-refractivity contribution in [1.82, 2.24) is 21.5 Å². The van der Waals surface area contributed by atoms with Gasteiger partial charge in [-0.2, -0.15) is 0 Å². The molecule has 0 bridgehead atoms. The highest BCUT2D eigenvalue weighted by Gasteiger charge is 2.30. The van der Waals surface area contributed by atoms with Gasteiger partial charge in [0.15, 0.2) is 6.04 Å². The van der Waals surface area contributed by atoms with Crippen LogP contribution < -0.4 is 33.0 Å². The van der Waals surface area contributed by atoms with E-state index in [2.05, 4.69) is 10.6 Å². The fraction of sp³-hybridized carbons (Fsp3) is 0.421. The highest BCUT2D eigenvalue weighted by molar-refractivity contribution is 5.93. The van der Waals surface area contributed by atoms with Gasteiger partial charge in [0.2, 0.25) is 5.91 Å². The molecular formula is C19H28N6O8. The van der Waals surface area contributed by atoms with Crippen molar-refractivity contribution in [3.05, 3.63) is 35.9 Å². The monoisotopic (exact) mass is 468 g/mol. The van der Waals surface area contributed by atoms with Gasteiger partial charge >= 0.3 is 12.0 Å². The molecule has 33 heavy (non-hydrogen) atoms. The van der Waals surface area contributed by atoms with E-state index in [0.717, 1.165) is 0 Å². The number of aliphatic hydroxyl groups excluding tert-OH is 2. The average Bonchev–Trinajstić information content (AvgIpc) is 2.78. The zero-order chi connectivity index (χ0) is 25.0. The number of carbonyl (C=O) groups excluding carboxylic acids is 5. The van der Waals surface area contributed by atoms with Gasteiger partial charge in [0.05, 0.1) is 19.1 Å². The van der Waals surface area contributed by atoms with Crippen LogP contribution in [-0.2, 0) is 30.5 Å². The quantitative estimate of drug-likeness (QED) is 0.119. The number of benzene rings is 1. The summed E-state index contributed by atoms with van der Waals surface area (Å²) in [7, 11) is 0. The van der Waals surface area contributed by atoms with Crippen molar-refractivity contribution < 1.29 is 38.9 Å². The van der Waals surface area contributed by atoms with Crippen LogP contribution in [0.3, 0.4) is 0 Å². The normalized spacial score (nSPS) is 14.1. The molecule has 1 aromatic carbocycles. The lowest BCUT2D eigenvalue weighted by atomic mass is 10.1. The number of hydrogen-bond donors (Lipinski definition) is 8. The van der Waals surface area contributed by atoms with E-state index in [4.69, 9.17) is 21.3 Å². The van der Waals surface area contributed by atoms with Gasteiger partial charge in [0.25, 0.3) is 11.8 Å². The van der Waals surface area contributed by atoms with E-state index in [-0.39, 0.29) is 6.61 Å². The number of nitrogens with two attached hydrogens (primary N) is 2. The molecule has 1 aromatic rings. The summed E-state index contributed by atoms with van der Waals surface area (Å²) in [6, 6.07) is 3.23. The highest BCUT2D eigenvalue weighted by atomic mass is 16.5. The van der Waals surface area contributed by atoms with Crippen molar-refractivity contribution in [1.29, 1.82) is 0 Å². The maximum atomic E-state index is 12.3. The van der Waals surface area contributed by atoms with Crippen LogP contribution in [0.25, 0.3) is 0 Å². The molecule has 5 amide bonds. The van der Waals surface area contributed by atoms with Crippen LogP contribution in [0.15, 0.2) is 30.3 Å². The average molecular weight is 468 g/mol. The molecule has 0 aromatic heterocycles. The Morgan fingerprint density at radius 3 is 2.18 bits per heavy atom. The Hall–Kier alpha value is -3.75. The van der Waals surface area contributed by atoms with E-state index in [1.807, 2.05) is 10.9 Å². The molecule has 14 nitrogen and oxygen atoms in total. The largest absolute Gasteiger partial charge is 0.459 e. The zero-order valence-corrected chi connectivity index (χ0v) is 17.8. The molecule has 0 radical (unpaired) electrons. The lowest BCUT2D eigenvalue weighted by Crippen LogP contribution is -2.59. The van der Waals surface area contributed by atoms with Crippen LogP contribution >= 0.6 is 0 Å². The van der Waals surface area contributed by atoms with Crippen LogP contribution in [0.5, 0.6) is 0 Å². The number of nitrogens with one attached hydrogen (secondary N) is 4. The molecule has 4 atom stereocenters. The standard InChI is InChI=1S/C19H28N6O8/c1-10(27)15(18(31)33-9-11-5-3-2-4-6-11)23-19(32)22-13(7-14(21)28)17(30)25-24-16(29)12(20)8-26/h2-6,10,12-13,15,26-27H,7-9,20H2,1H3,(H2,21,28)(H,24,29)(H,25,30)(H2,22,23,32)/t10?,12-,13-,15-/m0/s1. The molecule has 0 saturated heterocycles. The summed E-state index contributed by atoms with van der Waals surface area (Å²) >= 11 is 0. The number of hydrogen-bond acceptors (Lipinski definition) is 9. The predicted molar refractivity (Wildman–Crippen MR) is 112 cm³/mol. The first-order valence-corrected chi connectivity index (χ1v) is 9.75. The van der Waals surface area contributed by atoms with Crippen molar-refractivity contribution in [3.8, 4) is 0 Å². The molecule has 0 aliphatic heterocycles. The second kappa shape index (κ2) is 13.6. The second-order valence-electron chi connectivity index (χ2n) is 6.92. The van der Waals surface area contributed by atoms with Crippen molar-refractivity contribution >= 4 is 29.7 Å². The maximum Gasteiger partial charge on any atom is 0.331 e. The first kappa shape index (κ1) is 27.3. The Bertz CT molecular complexity index is 835. The lowest BCUT2D eigenvalue weighted by molar-refractivity contribution is -0.150. The fourth-order valence-corrected chi connectivity index (χ4v) is 2.33. The molecule has 0 saturated carbocycles. The van der Waals surface area contributed by atoms with Crippen LogP contribution in [0.2, 0.25) is 0 Å². The molecule has 0 aliphatic carbocycles. The van der Waals surface area contributed by atoms with Gasteiger partial charge in [-0.3, -0.25) is 25.2 Å². The summed E-state index contributed by atoms with van der Waals surface area (Å²) in [5, 5.41) is 22.9. The van der Waals surface area contributed by atoms with Crippen molar-refractivity contribution in [3.63, 3.8) is 0 Å². The summed E-state index contributed by atoms with van der Waals surface area (Å²) in [4.78, 5) is 59.6. The second-order valence-corrected chi connectivity index (χ2v) is 6.92. The minimum atomic E-state index is -1.55. The smallest absolute Gasteiger partial charge is 0.331 e. The summed E-state index contributed by atoms with van der Waals surface area (Å²) in [5.41, 5.74) is 14.9. The number of carbonyl (C=O) groups is 5. The van der Waals surface area contributed by atoms with E-state index in [1.54, 1.807) is 30.3 Å². The molecule has 0 aliphatic rings. The number of amides is 5. The topological polar surface area (TPSA) is 235 Å². The summed E-state index contributed by atoms with van der Waals surface area (Å²) < 4.78 is 5.09. The van der Waals surface area contributed by atoms with Gasteiger partial charge < -0.3 is 37.1 Å². The SMILES string of the molecule is CC(O)[C@H](NC(=O)N[C@@H](CC(N)=O)C(=O)NNC(=O)[C@@H](N)CO)C(=O)OCc1ccccc1. The Morgan fingerprint density at radius 2 is 1.64 bits per heavy atom. The molecule has 0 fully saturated rings. The van der Waals surface area contributed by atoms with Gasteiger partial charge in [0, 0.05) is 0 Å². The molecule has 182 valence electrons. The number of primary amides is 1. The van der Waals surface area contributed by atoms with E-state index in [1.165, 1.54) is 6.92 Å². The molecule has 0 heterocycles. The molecule has 10 N–H and O–H groups in total. The van der Waals surface area contributed by atoms with Gasteiger partial charge in [-0.05, 0) is 12.5 Å². The number of rotatable bonds is 11. The summed E-state index contributed by atoms with van der Waals surface area (Å²) in [6.07, 6.45) is -2.01. The fourth-order valence-electron chi connectivity index (χ4n) is 2.33. The van der Waals surface area contributed by atoms with Crippen LogP contribution in [-0.4, -0.2) is 70.8 Å². The Morgan fingerprint density at radius 1 is 1.03 bits per heavy atom. The van der Waals surface area contributed by atoms with Gasteiger partial charge in [0.1, 0.15) is 18.7 Å². The minimum absolute atomic E-state index is 0.103. The summed E-state index contributed by atoms with van der Waals surface area (Å²) in [5.74, 6) is -3.86.